The molecule has 0 aliphatic carbocycles. The Bertz CT molecular complexity index is 361. The van der Waals surface area contributed by atoms with Gasteiger partial charge in [0, 0.05) is 6.54 Å². The molecule has 3 N–H and O–H groups in total. The molecule has 0 saturated heterocycles. The van der Waals surface area contributed by atoms with Gasteiger partial charge in [-0.25, -0.2) is 0 Å². The van der Waals surface area contributed by atoms with E-state index in [1.165, 1.54) is 0 Å². The van der Waals surface area contributed by atoms with Crippen LogP contribution in [0.15, 0.2) is 0 Å². The summed E-state index contributed by atoms with van der Waals surface area (Å²) in [5.41, 5.74) is 1.60. The molecule has 1 aliphatic heterocycles. The molecule has 0 aromatic heterocycles. The molecule has 0 unspecified atom stereocenters. The zero-order valence-electron chi connectivity index (χ0n) is 7.68. The highest BCUT2D eigenvalue weighted by Crippen LogP contribution is 2.45. The predicted molar refractivity (Wildman–Crippen MR) is 65.5 cm³/mol. The maximum absolute atomic E-state index is 9.46. The second kappa shape index (κ2) is 4.78. The third kappa shape index (κ3) is 2.04. The molecule has 1 aliphatic rings. The minimum atomic E-state index is -0.334. The molecule has 0 spiro atoms. The van der Waals surface area contributed by atoms with Gasteiger partial charge in [-0.15, -0.1) is 17.0 Å². The van der Waals surface area contributed by atoms with Crippen LogP contribution in [0, 0.1) is 0 Å². The van der Waals surface area contributed by atoms with Gasteiger partial charge in [0.1, 0.15) is 0 Å². The number of phenols is 2. The minimum absolute atomic E-state index is 0. The molecule has 0 amide bonds. The molecule has 0 atom stereocenters. The van der Waals surface area contributed by atoms with E-state index >= 15 is 0 Å². The summed E-state index contributed by atoms with van der Waals surface area (Å²) in [5.74, 6) is -0.656. The van der Waals surface area contributed by atoms with E-state index in [0.29, 0.717) is 13.0 Å². The van der Waals surface area contributed by atoms with Crippen molar-refractivity contribution in [1.82, 2.24) is 5.32 Å². The van der Waals surface area contributed by atoms with Crippen molar-refractivity contribution >= 4 is 40.2 Å². The van der Waals surface area contributed by atoms with Gasteiger partial charge in [-0.3, -0.25) is 0 Å². The fourth-order valence-electron chi connectivity index (χ4n) is 1.63. The van der Waals surface area contributed by atoms with E-state index in [0.717, 1.165) is 17.7 Å². The highest BCUT2D eigenvalue weighted by Gasteiger charge is 2.22. The van der Waals surface area contributed by atoms with Crippen molar-refractivity contribution in [1.29, 1.82) is 0 Å². The van der Waals surface area contributed by atoms with Crippen molar-refractivity contribution in [2.75, 3.05) is 6.54 Å². The van der Waals surface area contributed by atoms with E-state index in [4.69, 9.17) is 23.2 Å². The second-order valence-electron chi connectivity index (χ2n) is 3.21. The van der Waals surface area contributed by atoms with E-state index < -0.39 is 0 Å². The van der Waals surface area contributed by atoms with Gasteiger partial charge in [-0.1, -0.05) is 23.2 Å². The van der Waals surface area contributed by atoms with Gasteiger partial charge >= 0.3 is 0 Å². The number of rotatable bonds is 0. The molecule has 1 heterocycles. The third-order valence-corrected chi connectivity index (χ3v) is 3.20. The van der Waals surface area contributed by atoms with Gasteiger partial charge in [-0.05, 0) is 24.1 Å². The molecule has 3 nitrogen and oxygen atoms in total. The summed E-state index contributed by atoms with van der Waals surface area (Å²) in [6.07, 6.45) is 0.710. The van der Waals surface area contributed by atoms with Crippen molar-refractivity contribution in [3.8, 4) is 11.5 Å². The first kappa shape index (κ1) is 12.9. The number of aromatic hydroxyl groups is 2. The Balaban J connectivity index is 0.00000112. The largest absolute Gasteiger partial charge is 0.503 e. The van der Waals surface area contributed by atoms with Crippen LogP contribution in [0.25, 0.3) is 0 Å². The zero-order valence-corrected chi connectivity index (χ0v) is 10.9. The van der Waals surface area contributed by atoms with Crippen LogP contribution in [0.2, 0.25) is 10.0 Å². The molecule has 1 aromatic carbocycles. The number of nitrogens with one attached hydrogen (secondary N) is 1. The lowest BCUT2D eigenvalue weighted by Gasteiger charge is -2.21. The molecule has 0 saturated carbocycles. The lowest BCUT2D eigenvalue weighted by atomic mass is 10.00. The lowest BCUT2D eigenvalue weighted by molar-refractivity contribution is 0.402. The highest BCUT2D eigenvalue weighted by atomic mass is 79.9. The van der Waals surface area contributed by atoms with Crippen molar-refractivity contribution in [3.05, 3.63) is 21.2 Å². The SMILES string of the molecule is Br.Oc1c(O)c(Cl)c2c(c1Cl)CCNC2. The highest BCUT2D eigenvalue weighted by molar-refractivity contribution is 8.93. The van der Waals surface area contributed by atoms with Crippen LogP contribution in [-0.4, -0.2) is 16.8 Å². The van der Waals surface area contributed by atoms with Gasteiger partial charge in [0.15, 0.2) is 11.5 Å². The number of hydrogen-bond donors (Lipinski definition) is 3. The average Bonchev–Trinajstić information content (AvgIpc) is 2.23. The van der Waals surface area contributed by atoms with Crippen LogP contribution in [0.1, 0.15) is 11.1 Å². The Morgan fingerprint density at radius 1 is 1.00 bits per heavy atom. The Kier molecular flexibility index (Phi) is 4.12. The maximum Gasteiger partial charge on any atom is 0.178 e. The number of fused-ring (bicyclic) bond motifs is 1. The molecule has 0 radical (unpaired) electrons. The van der Waals surface area contributed by atoms with Crippen molar-refractivity contribution < 1.29 is 10.2 Å². The Morgan fingerprint density at radius 3 is 2.13 bits per heavy atom. The Morgan fingerprint density at radius 2 is 1.53 bits per heavy atom. The summed E-state index contributed by atoms with van der Waals surface area (Å²) in [6.45, 7) is 1.37. The summed E-state index contributed by atoms with van der Waals surface area (Å²) >= 11 is 11.8. The molecule has 84 valence electrons. The van der Waals surface area contributed by atoms with E-state index in [-0.39, 0.29) is 38.5 Å². The van der Waals surface area contributed by atoms with Crippen LogP contribution in [-0.2, 0) is 13.0 Å². The van der Waals surface area contributed by atoms with Crippen LogP contribution >= 0.6 is 40.2 Å². The molecule has 1 aromatic rings. The Hall–Kier alpha value is -0.160. The van der Waals surface area contributed by atoms with Crippen molar-refractivity contribution in [2.45, 2.75) is 13.0 Å². The third-order valence-electron chi connectivity index (χ3n) is 2.39. The summed E-state index contributed by atoms with van der Waals surface area (Å²) in [4.78, 5) is 0. The predicted octanol–water partition coefficient (Wildman–Crippen LogP) is 2.63. The van der Waals surface area contributed by atoms with Crippen LogP contribution in [0.5, 0.6) is 11.5 Å². The first-order valence-electron chi connectivity index (χ1n) is 4.24. The van der Waals surface area contributed by atoms with Crippen molar-refractivity contribution in [3.63, 3.8) is 0 Å². The normalized spacial score (nSPS) is 14.3. The molecule has 15 heavy (non-hydrogen) atoms. The summed E-state index contributed by atoms with van der Waals surface area (Å²) in [7, 11) is 0. The van der Waals surface area contributed by atoms with E-state index in [9.17, 15) is 10.2 Å². The average molecular weight is 315 g/mol. The maximum atomic E-state index is 9.46. The van der Waals surface area contributed by atoms with Crippen molar-refractivity contribution in [2.24, 2.45) is 0 Å². The molecular formula is C9H10BrCl2NO2. The van der Waals surface area contributed by atoms with Crippen LogP contribution in [0.4, 0.5) is 0 Å². The molecule has 0 fully saturated rings. The number of halogens is 3. The van der Waals surface area contributed by atoms with Crippen LogP contribution in [0.3, 0.4) is 0 Å². The van der Waals surface area contributed by atoms with Gasteiger partial charge < -0.3 is 15.5 Å². The number of benzene rings is 1. The summed E-state index contributed by atoms with van der Waals surface area (Å²) in [6, 6.07) is 0. The fraction of sp³-hybridized carbons (Fsp3) is 0.333. The van der Waals surface area contributed by atoms with E-state index in [2.05, 4.69) is 5.32 Å². The van der Waals surface area contributed by atoms with Gasteiger partial charge in [0.2, 0.25) is 0 Å². The number of phenolic OH excluding ortho intramolecular Hbond substituents is 2. The van der Waals surface area contributed by atoms with E-state index in [1.807, 2.05) is 0 Å². The smallest absolute Gasteiger partial charge is 0.178 e. The van der Waals surface area contributed by atoms with E-state index in [1.54, 1.807) is 0 Å². The standard InChI is InChI=1S/C9H9Cl2NO2.BrH/c10-6-4-1-2-12-3-5(4)7(11)9(14)8(6)13;/h12-14H,1-3H2;1H. The topological polar surface area (TPSA) is 52.5 Å². The quantitative estimate of drug-likeness (QED) is 0.645. The first-order chi connectivity index (χ1) is 6.63. The zero-order chi connectivity index (χ0) is 10.3. The molecule has 2 rings (SSSR count). The molecule has 6 heteroatoms. The van der Waals surface area contributed by atoms with Gasteiger partial charge in [0.25, 0.3) is 0 Å². The summed E-state index contributed by atoms with van der Waals surface area (Å²) in [5, 5.41) is 22.4. The lowest BCUT2D eigenvalue weighted by Crippen LogP contribution is -2.24. The first-order valence-corrected chi connectivity index (χ1v) is 5.00. The van der Waals surface area contributed by atoms with Gasteiger partial charge in [0.05, 0.1) is 10.0 Å². The van der Waals surface area contributed by atoms with Gasteiger partial charge in [-0.2, -0.15) is 0 Å². The summed E-state index contributed by atoms with van der Waals surface area (Å²) < 4.78 is 0. The fourth-order valence-corrected chi connectivity index (χ4v) is 2.20. The molecular weight excluding hydrogens is 305 g/mol. The molecule has 0 bridgehead atoms. The second-order valence-corrected chi connectivity index (χ2v) is 3.96. The number of hydrogen-bond acceptors (Lipinski definition) is 3. The van der Waals surface area contributed by atoms with Crippen LogP contribution < -0.4 is 5.32 Å². The minimum Gasteiger partial charge on any atom is -0.503 e. The monoisotopic (exact) mass is 313 g/mol. The Labute approximate surface area is 108 Å².